The molecule has 1 N–H and O–H groups in total. The third kappa shape index (κ3) is 3.19. The van der Waals surface area contributed by atoms with E-state index in [1.807, 2.05) is 13.0 Å². The molecule has 1 aromatic heterocycles. The number of pyridine rings is 1. The topological polar surface area (TPSA) is 37.4 Å². The van der Waals surface area contributed by atoms with Crippen molar-refractivity contribution in [3.8, 4) is 5.75 Å². The first-order valence-corrected chi connectivity index (χ1v) is 6.69. The predicted octanol–water partition coefficient (Wildman–Crippen LogP) is 1.47. The summed E-state index contributed by atoms with van der Waals surface area (Å²) in [5.74, 6) is 2.60. The summed E-state index contributed by atoms with van der Waals surface area (Å²) in [6.45, 7) is 7.75. The van der Waals surface area contributed by atoms with Gasteiger partial charge in [-0.2, -0.15) is 0 Å². The van der Waals surface area contributed by atoms with Crippen LogP contribution in [0.4, 0.5) is 0 Å². The molecule has 19 heavy (non-hydrogen) atoms. The number of ether oxygens (including phenoxy) is 1. The molecule has 1 aromatic rings. The van der Waals surface area contributed by atoms with Crippen molar-refractivity contribution in [2.24, 2.45) is 11.8 Å². The van der Waals surface area contributed by atoms with Gasteiger partial charge in [-0.1, -0.05) is 0 Å². The standard InChI is InChI=1S/C14H21N3O.ClH/c1-10-3-14(18-2)4-13(16-10)9-17-7-11-5-15-6-12(11)8-17;/h3-4,11-12,15H,5-9H2,1-2H3;1H/t11-,12+;. The van der Waals surface area contributed by atoms with Gasteiger partial charge in [-0.3, -0.25) is 9.88 Å². The molecule has 0 amide bonds. The summed E-state index contributed by atoms with van der Waals surface area (Å²) >= 11 is 0. The summed E-state index contributed by atoms with van der Waals surface area (Å²) < 4.78 is 5.31. The molecule has 2 atom stereocenters. The summed E-state index contributed by atoms with van der Waals surface area (Å²) in [5, 5.41) is 3.47. The lowest BCUT2D eigenvalue weighted by Crippen LogP contribution is -2.25. The van der Waals surface area contributed by atoms with Crippen LogP contribution in [-0.2, 0) is 6.54 Å². The van der Waals surface area contributed by atoms with Crippen LogP contribution in [0.2, 0.25) is 0 Å². The van der Waals surface area contributed by atoms with Gasteiger partial charge in [0.2, 0.25) is 0 Å². The van der Waals surface area contributed by atoms with Crippen LogP contribution in [0.1, 0.15) is 11.4 Å². The highest BCUT2D eigenvalue weighted by Crippen LogP contribution is 2.27. The van der Waals surface area contributed by atoms with E-state index in [4.69, 9.17) is 4.74 Å². The molecule has 4 nitrogen and oxygen atoms in total. The van der Waals surface area contributed by atoms with E-state index >= 15 is 0 Å². The molecular formula is C14H22ClN3O. The van der Waals surface area contributed by atoms with Gasteiger partial charge >= 0.3 is 0 Å². The molecule has 0 saturated carbocycles. The molecule has 3 heterocycles. The minimum Gasteiger partial charge on any atom is -0.497 e. The number of fused-ring (bicyclic) bond motifs is 1. The summed E-state index contributed by atoms with van der Waals surface area (Å²) in [6.07, 6.45) is 0. The average molecular weight is 284 g/mol. The summed E-state index contributed by atoms with van der Waals surface area (Å²) in [5.41, 5.74) is 2.16. The van der Waals surface area contributed by atoms with Crippen molar-refractivity contribution in [2.45, 2.75) is 13.5 Å². The Bertz CT molecular complexity index is 429. The second-order valence-corrected chi connectivity index (χ2v) is 5.51. The van der Waals surface area contributed by atoms with Crippen LogP contribution in [-0.4, -0.2) is 43.2 Å². The minimum absolute atomic E-state index is 0. The highest BCUT2D eigenvalue weighted by molar-refractivity contribution is 5.85. The summed E-state index contributed by atoms with van der Waals surface area (Å²) in [6, 6.07) is 4.03. The van der Waals surface area contributed by atoms with Gasteiger partial charge in [-0.25, -0.2) is 0 Å². The zero-order valence-corrected chi connectivity index (χ0v) is 12.4. The lowest BCUT2D eigenvalue weighted by atomic mass is 10.0. The zero-order valence-electron chi connectivity index (χ0n) is 11.6. The van der Waals surface area contributed by atoms with Crippen LogP contribution < -0.4 is 10.1 Å². The van der Waals surface area contributed by atoms with Crippen molar-refractivity contribution < 1.29 is 4.74 Å². The van der Waals surface area contributed by atoms with E-state index in [2.05, 4.69) is 21.3 Å². The number of nitrogens with zero attached hydrogens (tertiary/aromatic N) is 2. The summed E-state index contributed by atoms with van der Waals surface area (Å²) in [7, 11) is 1.71. The fourth-order valence-corrected chi connectivity index (χ4v) is 3.21. The first kappa shape index (κ1) is 14.6. The van der Waals surface area contributed by atoms with E-state index in [1.165, 1.54) is 26.2 Å². The highest BCUT2D eigenvalue weighted by Gasteiger charge is 2.35. The molecule has 2 saturated heterocycles. The Balaban J connectivity index is 0.00000133. The van der Waals surface area contributed by atoms with E-state index in [0.717, 1.165) is 35.5 Å². The Labute approximate surface area is 121 Å². The fourth-order valence-electron chi connectivity index (χ4n) is 3.21. The maximum absolute atomic E-state index is 5.31. The monoisotopic (exact) mass is 283 g/mol. The zero-order chi connectivity index (χ0) is 12.5. The number of nitrogens with one attached hydrogen (secondary N) is 1. The Morgan fingerprint density at radius 3 is 2.63 bits per heavy atom. The van der Waals surface area contributed by atoms with Crippen LogP contribution in [0, 0.1) is 18.8 Å². The maximum Gasteiger partial charge on any atom is 0.122 e. The lowest BCUT2D eigenvalue weighted by molar-refractivity contribution is 0.301. The average Bonchev–Trinajstić information content (AvgIpc) is 2.88. The fraction of sp³-hybridized carbons (Fsp3) is 0.643. The van der Waals surface area contributed by atoms with Crippen molar-refractivity contribution in [3.05, 3.63) is 23.5 Å². The molecule has 0 bridgehead atoms. The molecule has 106 valence electrons. The molecule has 2 aliphatic heterocycles. The number of aromatic nitrogens is 1. The minimum atomic E-state index is 0. The molecule has 0 radical (unpaired) electrons. The van der Waals surface area contributed by atoms with Gasteiger partial charge in [0.05, 0.1) is 12.8 Å². The molecule has 5 heteroatoms. The normalized spacial score (nSPS) is 26.0. The molecule has 0 spiro atoms. The molecule has 2 fully saturated rings. The summed E-state index contributed by atoms with van der Waals surface area (Å²) in [4.78, 5) is 7.13. The third-order valence-electron chi connectivity index (χ3n) is 4.07. The van der Waals surface area contributed by atoms with Crippen molar-refractivity contribution >= 4 is 12.4 Å². The number of likely N-dealkylation sites (tertiary alicyclic amines) is 1. The SMILES string of the molecule is COc1cc(C)nc(CN2C[C@H]3CNC[C@H]3C2)c1.Cl. The van der Waals surface area contributed by atoms with E-state index in [1.54, 1.807) is 7.11 Å². The third-order valence-corrected chi connectivity index (χ3v) is 4.07. The number of hydrogen-bond donors (Lipinski definition) is 1. The first-order valence-electron chi connectivity index (χ1n) is 6.69. The molecule has 2 aliphatic rings. The van der Waals surface area contributed by atoms with Crippen LogP contribution in [0.15, 0.2) is 12.1 Å². The molecule has 0 aliphatic carbocycles. The predicted molar refractivity (Wildman–Crippen MR) is 77.9 cm³/mol. The largest absolute Gasteiger partial charge is 0.497 e. The second-order valence-electron chi connectivity index (χ2n) is 5.51. The van der Waals surface area contributed by atoms with Crippen LogP contribution >= 0.6 is 12.4 Å². The number of aryl methyl sites for hydroxylation is 1. The van der Waals surface area contributed by atoms with Crippen LogP contribution in [0.3, 0.4) is 0 Å². The van der Waals surface area contributed by atoms with Gasteiger partial charge < -0.3 is 10.1 Å². The second kappa shape index (κ2) is 6.07. The van der Waals surface area contributed by atoms with Gasteiger partial charge in [0.1, 0.15) is 5.75 Å². The van der Waals surface area contributed by atoms with E-state index in [-0.39, 0.29) is 12.4 Å². The molecule has 0 unspecified atom stereocenters. The van der Waals surface area contributed by atoms with E-state index in [9.17, 15) is 0 Å². The number of halogens is 1. The van der Waals surface area contributed by atoms with E-state index < -0.39 is 0 Å². The number of hydrogen-bond acceptors (Lipinski definition) is 4. The van der Waals surface area contributed by atoms with Gasteiger partial charge in [0, 0.05) is 37.5 Å². The van der Waals surface area contributed by atoms with Crippen LogP contribution in [0.25, 0.3) is 0 Å². The van der Waals surface area contributed by atoms with Gasteiger partial charge in [0.25, 0.3) is 0 Å². The molecular weight excluding hydrogens is 262 g/mol. The molecule has 0 aromatic carbocycles. The number of methoxy groups -OCH3 is 1. The van der Waals surface area contributed by atoms with E-state index in [0.29, 0.717) is 0 Å². The Kier molecular flexibility index (Phi) is 4.66. The highest BCUT2D eigenvalue weighted by atomic mass is 35.5. The van der Waals surface area contributed by atoms with Gasteiger partial charge in [0.15, 0.2) is 0 Å². The lowest BCUT2D eigenvalue weighted by Gasteiger charge is -2.17. The Morgan fingerprint density at radius 2 is 2.00 bits per heavy atom. The van der Waals surface area contributed by atoms with Gasteiger partial charge in [-0.15, -0.1) is 12.4 Å². The van der Waals surface area contributed by atoms with Crippen molar-refractivity contribution in [3.63, 3.8) is 0 Å². The molecule has 3 rings (SSSR count). The smallest absolute Gasteiger partial charge is 0.122 e. The maximum atomic E-state index is 5.31. The van der Waals surface area contributed by atoms with Crippen molar-refractivity contribution in [2.75, 3.05) is 33.3 Å². The Morgan fingerprint density at radius 1 is 1.32 bits per heavy atom. The van der Waals surface area contributed by atoms with Gasteiger partial charge in [-0.05, 0) is 31.8 Å². The first-order chi connectivity index (χ1) is 8.74. The number of rotatable bonds is 3. The Hall–Kier alpha value is -0.840. The quantitative estimate of drug-likeness (QED) is 0.912. The van der Waals surface area contributed by atoms with Crippen molar-refractivity contribution in [1.29, 1.82) is 0 Å². The van der Waals surface area contributed by atoms with Crippen LogP contribution in [0.5, 0.6) is 5.75 Å². The van der Waals surface area contributed by atoms with Crippen molar-refractivity contribution in [1.82, 2.24) is 15.2 Å².